The summed E-state index contributed by atoms with van der Waals surface area (Å²) in [6.07, 6.45) is 0. The van der Waals surface area contributed by atoms with Gasteiger partial charge in [0.15, 0.2) is 0 Å². The molecule has 55 heavy (non-hydrogen) atoms. The van der Waals surface area contributed by atoms with Crippen molar-refractivity contribution in [1.82, 2.24) is 14.1 Å². The lowest BCUT2D eigenvalue weighted by Crippen LogP contribution is -2.14. The molecule has 11 aromatic rings. The van der Waals surface area contributed by atoms with Crippen molar-refractivity contribution in [3.63, 3.8) is 0 Å². The minimum atomic E-state index is -0.0895. The van der Waals surface area contributed by atoms with Gasteiger partial charge >= 0.3 is 0 Å². The standard InChI is InChI=1S/C52H35N3/c1-52(2)45-23-10-8-21-37(45)43-28-39-35-19-6-7-20-36(35)40-29-44-38-22-9-12-25-48(38)54(50(44)31-42(40)41(39)30-46(43)52)34-18-14-15-32(27-34)51-53-47-24-11-13-26-49(47)55(51)33-16-4-3-5-17-33/h3-31H,1-2H3. The van der Waals surface area contributed by atoms with E-state index >= 15 is 0 Å². The Bertz CT molecular complexity index is 3400. The van der Waals surface area contributed by atoms with Crippen LogP contribution < -0.4 is 0 Å². The molecule has 0 N–H and O–H groups in total. The zero-order valence-electron chi connectivity index (χ0n) is 30.6. The number of fused-ring (bicyclic) bond motifs is 13. The first-order valence-corrected chi connectivity index (χ1v) is 19.1. The first-order valence-electron chi connectivity index (χ1n) is 19.1. The van der Waals surface area contributed by atoms with Crippen LogP contribution in [-0.2, 0) is 5.41 Å². The third-order valence-corrected chi connectivity index (χ3v) is 12.3. The second-order valence-electron chi connectivity index (χ2n) is 15.6. The number of rotatable bonds is 3. The summed E-state index contributed by atoms with van der Waals surface area (Å²) in [7, 11) is 0. The summed E-state index contributed by atoms with van der Waals surface area (Å²) in [6.45, 7) is 4.75. The third kappa shape index (κ3) is 4.18. The first kappa shape index (κ1) is 30.5. The summed E-state index contributed by atoms with van der Waals surface area (Å²) < 4.78 is 4.74. The monoisotopic (exact) mass is 701 g/mol. The maximum absolute atomic E-state index is 5.22. The summed E-state index contributed by atoms with van der Waals surface area (Å²) >= 11 is 0. The number of nitrogens with zero attached hydrogens (tertiary/aromatic N) is 3. The Morgan fingerprint density at radius 1 is 0.382 bits per heavy atom. The van der Waals surface area contributed by atoms with E-state index in [1.54, 1.807) is 0 Å². The number of hydrogen-bond acceptors (Lipinski definition) is 1. The van der Waals surface area contributed by atoms with E-state index < -0.39 is 0 Å². The molecular weight excluding hydrogens is 667 g/mol. The molecule has 0 saturated heterocycles. The van der Waals surface area contributed by atoms with Crippen LogP contribution in [0.4, 0.5) is 0 Å². The van der Waals surface area contributed by atoms with Crippen LogP contribution >= 0.6 is 0 Å². The summed E-state index contributed by atoms with van der Waals surface area (Å²) in [5.41, 5.74) is 13.1. The zero-order valence-corrected chi connectivity index (χ0v) is 30.6. The predicted octanol–water partition coefficient (Wildman–Crippen LogP) is 13.6. The minimum absolute atomic E-state index is 0.0895. The molecular formula is C52H35N3. The highest BCUT2D eigenvalue weighted by Gasteiger charge is 2.35. The van der Waals surface area contributed by atoms with Crippen molar-refractivity contribution < 1.29 is 0 Å². The van der Waals surface area contributed by atoms with Gasteiger partial charge in [-0.3, -0.25) is 4.57 Å². The average molecular weight is 702 g/mol. The van der Waals surface area contributed by atoms with E-state index in [1.807, 2.05) is 0 Å². The Morgan fingerprint density at radius 3 is 1.85 bits per heavy atom. The van der Waals surface area contributed by atoms with Gasteiger partial charge in [-0.15, -0.1) is 0 Å². The quantitative estimate of drug-likeness (QED) is 0.168. The van der Waals surface area contributed by atoms with Crippen LogP contribution in [-0.4, -0.2) is 14.1 Å². The molecule has 0 radical (unpaired) electrons. The Kier molecular flexibility index (Phi) is 6.12. The van der Waals surface area contributed by atoms with E-state index in [0.717, 1.165) is 33.8 Å². The van der Waals surface area contributed by atoms with Gasteiger partial charge in [-0.05, 0) is 121 Å². The molecule has 0 spiro atoms. The van der Waals surface area contributed by atoms with Crippen molar-refractivity contribution in [2.24, 2.45) is 0 Å². The Morgan fingerprint density at radius 2 is 1.02 bits per heavy atom. The Labute approximate surface area is 318 Å². The molecule has 0 unspecified atom stereocenters. The lowest BCUT2D eigenvalue weighted by molar-refractivity contribution is 0.661. The van der Waals surface area contributed by atoms with E-state index in [9.17, 15) is 0 Å². The molecule has 0 amide bonds. The summed E-state index contributed by atoms with van der Waals surface area (Å²) in [5.74, 6) is 0.926. The number of para-hydroxylation sites is 4. The average Bonchev–Trinajstić information content (AvgIpc) is 3.86. The van der Waals surface area contributed by atoms with Crippen molar-refractivity contribution in [2.45, 2.75) is 19.3 Å². The number of aromatic nitrogens is 3. The molecule has 2 heterocycles. The van der Waals surface area contributed by atoms with E-state index in [0.29, 0.717) is 0 Å². The van der Waals surface area contributed by atoms with Crippen LogP contribution in [0.15, 0.2) is 176 Å². The lowest BCUT2D eigenvalue weighted by Gasteiger charge is -2.22. The van der Waals surface area contributed by atoms with Crippen LogP contribution in [0.2, 0.25) is 0 Å². The SMILES string of the molecule is CC1(C)c2ccccc2-c2cc3c4ccccc4c4cc5c6ccccc6n(-c6cccc(-c7nc8ccccc8n7-c7ccccc7)c6)c5cc4c3cc21. The fourth-order valence-corrected chi connectivity index (χ4v) is 9.73. The van der Waals surface area contributed by atoms with Crippen molar-refractivity contribution in [3.05, 3.63) is 187 Å². The largest absolute Gasteiger partial charge is 0.309 e. The van der Waals surface area contributed by atoms with E-state index in [2.05, 4.69) is 199 Å². The van der Waals surface area contributed by atoms with Crippen molar-refractivity contribution in [1.29, 1.82) is 0 Å². The maximum Gasteiger partial charge on any atom is 0.145 e. The van der Waals surface area contributed by atoms with Gasteiger partial charge < -0.3 is 4.57 Å². The smallest absolute Gasteiger partial charge is 0.145 e. The second kappa shape index (κ2) is 11.0. The number of benzene rings is 9. The molecule has 0 aliphatic heterocycles. The van der Waals surface area contributed by atoms with Gasteiger partial charge in [0, 0.05) is 33.1 Å². The third-order valence-electron chi connectivity index (χ3n) is 12.3. The molecule has 1 aliphatic rings. The molecule has 0 fully saturated rings. The van der Waals surface area contributed by atoms with Crippen LogP contribution in [0, 0.1) is 0 Å². The molecule has 0 saturated carbocycles. The van der Waals surface area contributed by atoms with Gasteiger partial charge in [0.1, 0.15) is 5.82 Å². The molecule has 9 aromatic carbocycles. The summed E-state index contributed by atoms with van der Waals surface area (Å²) in [6, 6.07) is 64.6. The predicted molar refractivity (Wildman–Crippen MR) is 231 cm³/mol. The lowest BCUT2D eigenvalue weighted by atomic mass is 9.81. The summed E-state index contributed by atoms with van der Waals surface area (Å²) in [4.78, 5) is 5.22. The van der Waals surface area contributed by atoms with Gasteiger partial charge in [-0.25, -0.2) is 4.98 Å². The summed E-state index contributed by atoms with van der Waals surface area (Å²) in [5, 5.41) is 10.3. The molecule has 3 heteroatoms. The fraction of sp³-hybridized carbons (Fsp3) is 0.0577. The Hall–Kier alpha value is -6.97. The first-order chi connectivity index (χ1) is 27.0. The van der Waals surface area contributed by atoms with Crippen molar-refractivity contribution in [3.8, 4) is 33.9 Å². The fourth-order valence-electron chi connectivity index (χ4n) is 9.73. The van der Waals surface area contributed by atoms with Gasteiger partial charge in [-0.1, -0.05) is 123 Å². The molecule has 2 aromatic heterocycles. The molecule has 0 bridgehead atoms. The maximum atomic E-state index is 5.22. The molecule has 258 valence electrons. The normalized spacial score (nSPS) is 13.4. The van der Waals surface area contributed by atoms with Crippen LogP contribution in [0.5, 0.6) is 0 Å². The topological polar surface area (TPSA) is 22.8 Å². The number of hydrogen-bond donors (Lipinski definition) is 0. The number of imidazole rings is 1. The van der Waals surface area contributed by atoms with Crippen LogP contribution in [0.25, 0.3) is 99.0 Å². The van der Waals surface area contributed by atoms with Gasteiger partial charge in [0.05, 0.1) is 22.1 Å². The Balaban J connectivity index is 1.16. The van der Waals surface area contributed by atoms with E-state index in [4.69, 9.17) is 4.98 Å². The highest BCUT2D eigenvalue weighted by atomic mass is 15.1. The van der Waals surface area contributed by atoms with Crippen LogP contribution in [0.3, 0.4) is 0 Å². The molecule has 1 aliphatic carbocycles. The second-order valence-corrected chi connectivity index (χ2v) is 15.6. The van der Waals surface area contributed by atoms with Gasteiger partial charge in [0.2, 0.25) is 0 Å². The van der Waals surface area contributed by atoms with Gasteiger partial charge in [-0.2, -0.15) is 0 Å². The highest BCUT2D eigenvalue weighted by molar-refractivity contribution is 6.29. The molecule has 12 rings (SSSR count). The van der Waals surface area contributed by atoms with Crippen molar-refractivity contribution in [2.75, 3.05) is 0 Å². The minimum Gasteiger partial charge on any atom is -0.309 e. The van der Waals surface area contributed by atoms with E-state index in [1.165, 1.54) is 76.4 Å². The zero-order chi connectivity index (χ0) is 36.4. The highest BCUT2D eigenvalue weighted by Crippen LogP contribution is 2.52. The van der Waals surface area contributed by atoms with Crippen molar-refractivity contribution >= 4 is 65.2 Å². The van der Waals surface area contributed by atoms with Crippen LogP contribution in [0.1, 0.15) is 25.0 Å². The molecule has 3 nitrogen and oxygen atoms in total. The van der Waals surface area contributed by atoms with E-state index in [-0.39, 0.29) is 5.41 Å². The molecule has 0 atom stereocenters. The van der Waals surface area contributed by atoms with Gasteiger partial charge in [0.25, 0.3) is 0 Å².